The zero-order valence-electron chi connectivity index (χ0n) is 17.9. The molecule has 4 aromatic rings. The molecular weight excluding hydrogens is 457 g/mol. The summed E-state index contributed by atoms with van der Waals surface area (Å²) in [6.07, 6.45) is 2.33. The van der Waals surface area contributed by atoms with Crippen LogP contribution >= 0.6 is 0 Å². The zero-order chi connectivity index (χ0) is 23.7. The molecule has 1 aliphatic rings. The lowest BCUT2D eigenvalue weighted by Crippen LogP contribution is -2.47. The van der Waals surface area contributed by atoms with E-state index in [1.165, 1.54) is 12.1 Å². The number of rotatable bonds is 4. The number of hydrogen-bond donors (Lipinski definition) is 2. The molecule has 1 saturated heterocycles. The third kappa shape index (κ3) is 4.33. The van der Waals surface area contributed by atoms with E-state index < -0.39 is 21.9 Å². The van der Waals surface area contributed by atoms with E-state index >= 15 is 0 Å². The molecule has 0 bridgehead atoms. The van der Waals surface area contributed by atoms with Crippen LogP contribution in [0.15, 0.2) is 72.9 Å². The fourth-order valence-corrected chi connectivity index (χ4v) is 5.10. The molecule has 0 spiro atoms. The van der Waals surface area contributed by atoms with Crippen LogP contribution in [0.1, 0.15) is 16.8 Å². The lowest BCUT2D eigenvalue weighted by atomic mass is 10.1. The van der Waals surface area contributed by atoms with Gasteiger partial charge in [0.2, 0.25) is 0 Å². The maximum atomic E-state index is 14.8. The Morgan fingerprint density at radius 2 is 1.91 bits per heavy atom. The van der Waals surface area contributed by atoms with Crippen LogP contribution in [0.25, 0.3) is 22.3 Å². The maximum absolute atomic E-state index is 14.8. The number of hydrogen-bond acceptors (Lipinski definition) is 5. The van der Waals surface area contributed by atoms with Crippen molar-refractivity contribution in [3.05, 3.63) is 84.3 Å². The van der Waals surface area contributed by atoms with Gasteiger partial charge in [-0.2, -0.15) is 13.1 Å². The summed E-state index contributed by atoms with van der Waals surface area (Å²) in [6, 6.07) is 18.3. The predicted octanol–water partition coefficient (Wildman–Crippen LogP) is 3.73. The highest BCUT2D eigenvalue weighted by Crippen LogP contribution is 2.25. The number of carbonyl (C=O) groups is 1. The standard InChI is InChI=1S/C24H20FN5O3S/c25-21-14-19(30-12-4-11-27-34(30,32)33)9-10-20(21)24(31)28-18-7-3-6-16(13-18)23-26-15-17-5-1-2-8-22(17)29-23/h1-3,5-10,13-15,27H,4,11-12H2,(H,28,31). The molecule has 3 aromatic carbocycles. The minimum Gasteiger partial charge on any atom is -0.322 e. The second-order valence-corrected chi connectivity index (χ2v) is 9.46. The van der Waals surface area contributed by atoms with Gasteiger partial charge in [0, 0.05) is 35.9 Å². The highest BCUT2D eigenvalue weighted by molar-refractivity contribution is 7.90. The molecule has 1 fully saturated rings. The number of amides is 1. The molecule has 2 heterocycles. The van der Waals surface area contributed by atoms with Crippen molar-refractivity contribution in [2.45, 2.75) is 6.42 Å². The summed E-state index contributed by atoms with van der Waals surface area (Å²) in [5.41, 5.74) is 1.91. The Kier molecular flexibility index (Phi) is 5.68. The molecule has 5 rings (SSSR count). The Balaban J connectivity index is 1.37. The topological polar surface area (TPSA) is 104 Å². The minimum atomic E-state index is -3.72. The number of benzene rings is 3. The lowest BCUT2D eigenvalue weighted by Gasteiger charge is -2.28. The summed E-state index contributed by atoms with van der Waals surface area (Å²) in [6.45, 7) is 0.578. The van der Waals surface area contributed by atoms with Gasteiger partial charge < -0.3 is 5.32 Å². The SMILES string of the molecule is O=C(Nc1cccc(-c2ncc3ccccc3n2)c1)c1ccc(N2CCCNS2(=O)=O)cc1F. The molecule has 1 aliphatic heterocycles. The quantitative estimate of drug-likeness (QED) is 0.466. The zero-order valence-corrected chi connectivity index (χ0v) is 18.7. The van der Waals surface area contributed by atoms with Crippen LogP contribution in [-0.4, -0.2) is 37.4 Å². The van der Waals surface area contributed by atoms with Crippen molar-refractivity contribution in [1.82, 2.24) is 14.7 Å². The van der Waals surface area contributed by atoms with Crippen molar-refractivity contribution < 1.29 is 17.6 Å². The number of nitrogens with zero attached hydrogens (tertiary/aromatic N) is 3. The van der Waals surface area contributed by atoms with E-state index in [-0.39, 0.29) is 17.8 Å². The highest BCUT2D eigenvalue weighted by Gasteiger charge is 2.26. The van der Waals surface area contributed by atoms with E-state index in [1.807, 2.05) is 30.3 Å². The van der Waals surface area contributed by atoms with E-state index in [0.717, 1.165) is 21.3 Å². The summed E-state index contributed by atoms with van der Waals surface area (Å²) >= 11 is 0. The molecule has 0 saturated carbocycles. The number of halogens is 1. The molecule has 8 nitrogen and oxygen atoms in total. The predicted molar refractivity (Wildman–Crippen MR) is 128 cm³/mol. The molecular formula is C24H20FN5O3S. The molecule has 0 radical (unpaired) electrons. The van der Waals surface area contributed by atoms with E-state index in [1.54, 1.807) is 24.4 Å². The van der Waals surface area contributed by atoms with E-state index in [0.29, 0.717) is 30.0 Å². The Hall–Kier alpha value is -3.89. The van der Waals surface area contributed by atoms with Gasteiger partial charge in [-0.1, -0.05) is 30.3 Å². The minimum absolute atomic E-state index is 0.164. The monoisotopic (exact) mass is 477 g/mol. The molecule has 1 amide bonds. The van der Waals surface area contributed by atoms with Crippen LogP contribution in [-0.2, 0) is 10.2 Å². The van der Waals surface area contributed by atoms with Crippen LogP contribution in [0.2, 0.25) is 0 Å². The van der Waals surface area contributed by atoms with Gasteiger partial charge in [0.15, 0.2) is 5.82 Å². The smallest absolute Gasteiger partial charge is 0.301 e. The van der Waals surface area contributed by atoms with Crippen LogP contribution < -0.4 is 14.3 Å². The first-order valence-electron chi connectivity index (χ1n) is 10.6. The Morgan fingerprint density at radius 1 is 1.06 bits per heavy atom. The van der Waals surface area contributed by atoms with Crippen molar-refractivity contribution in [2.24, 2.45) is 0 Å². The van der Waals surface area contributed by atoms with Gasteiger partial charge in [-0.05, 0) is 42.8 Å². The fraction of sp³-hybridized carbons (Fsp3) is 0.125. The Bertz CT molecular complexity index is 1510. The first kappa shape index (κ1) is 21.9. The van der Waals surface area contributed by atoms with Gasteiger partial charge in [-0.15, -0.1) is 0 Å². The van der Waals surface area contributed by atoms with Crippen LogP contribution in [0, 0.1) is 5.82 Å². The van der Waals surface area contributed by atoms with Gasteiger partial charge >= 0.3 is 10.2 Å². The van der Waals surface area contributed by atoms with Crippen molar-refractivity contribution in [3.8, 4) is 11.4 Å². The highest BCUT2D eigenvalue weighted by atomic mass is 32.2. The summed E-state index contributed by atoms with van der Waals surface area (Å²) in [4.78, 5) is 21.7. The number of fused-ring (bicyclic) bond motifs is 1. The average molecular weight is 478 g/mol. The molecule has 34 heavy (non-hydrogen) atoms. The van der Waals surface area contributed by atoms with Crippen molar-refractivity contribution in [3.63, 3.8) is 0 Å². The van der Waals surface area contributed by atoms with Gasteiger partial charge in [-0.3, -0.25) is 9.10 Å². The second-order valence-electron chi connectivity index (χ2n) is 7.78. The van der Waals surface area contributed by atoms with Crippen LogP contribution in [0.5, 0.6) is 0 Å². The van der Waals surface area contributed by atoms with Crippen LogP contribution in [0.4, 0.5) is 15.8 Å². The number of carbonyl (C=O) groups excluding carboxylic acids is 1. The van der Waals surface area contributed by atoms with Crippen molar-refractivity contribution in [2.75, 3.05) is 22.7 Å². The molecule has 10 heteroatoms. The van der Waals surface area contributed by atoms with E-state index in [9.17, 15) is 17.6 Å². The number of para-hydroxylation sites is 1. The molecule has 0 atom stereocenters. The van der Waals surface area contributed by atoms with Gasteiger partial charge in [0.1, 0.15) is 5.82 Å². The molecule has 2 N–H and O–H groups in total. The largest absolute Gasteiger partial charge is 0.322 e. The number of nitrogens with one attached hydrogen (secondary N) is 2. The summed E-state index contributed by atoms with van der Waals surface area (Å²) < 4.78 is 42.6. The number of anilines is 2. The fourth-order valence-electron chi connectivity index (χ4n) is 3.78. The third-order valence-corrected chi connectivity index (χ3v) is 7.01. The molecule has 172 valence electrons. The van der Waals surface area contributed by atoms with Crippen molar-refractivity contribution >= 4 is 38.4 Å². The lowest BCUT2D eigenvalue weighted by molar-refractivity contribution is 0.102. The average Bonchev–Trinajstić information content (AvgIpc) is 2.83. The maximum Gasteiger partial charge on any atom is 0.301 e. The van der Waals surface area contributed by atoms with Crippen LogP contribution in [0.3, 0.4) is 0 Å². The Labute approximate surface area is 195 Å². The third-order valence-electron chi connectivity index (χ3n) is 5.47. The first-order valence-corrected chi connectivity index (χ1v) is 12.1. The summed E-state index contributed by atoms with van der Waals surface area (Å²) in [5.74, 6) is -0.966. The number of aromatic nitrogens is 2. The summed E-state index contributed by atoms with van der Waals surface area (Å²) in [7, 11) is -3.72. The van der Waals surface area contributed by atoms with Gasteiger partial charge in [0.25, 0.3) is 5.91 Å². The molecule has 0 unspecified atom stereocenters. The molecule has 1 aromatic heterocycles. The normalized spacial score (nSPS) is 15.3. The van der Waals surface area contributed by atoms with Gasteiger partial charge in [0.05, 0.1) is 16.8 Å². The van der Waals surface area contributed by atoms with E-state index in [2.05, 4.69) is 20.0 Å². The van der Waals surface area contributed by atoms with Gasteiger partial charge in [-0.25, -0.2) is 14.4 Å². The summed E-state index contributed by atoms with van der Waals surface area (Å²) in [5, 5.41) is 3.60. The van der Waals surface area contributed by atoms with Crippen molar-refractivity contribution in [1.29, 1.82) is 0 Å². The molecule has 0 aliphatic carbocycles. The first-order chi connectivity index (χ1) is 16.4. The second kappa shape index (κ2) is 8.81. The Morgan fingerprint density at radius 3 is 2.74 bits per heavy atom. The van der Waals surface area contributed by atoms with E-state index in [4.69, 9.17) is 0 Å².